The molecule has 0 aromatic heterocycles. The van der Waals surface area contributed by atoms with Gasteiger partial charge in [-0.3, -0.25) is 4.99 Å². The van der Waals surface area contributed by atoms with E-state index in [9.17, 15) is 4.39 Å². The SMILES string of the molecule is C=CC(=C\N(/C=C(\C)COc1ccc(C)cc1)C(C)=NC)/C(/C=C(/C)C(=C)F)=C/CC. The predicted molar refractivity (Wildman–Crippen MR) is 132 cm³/mol. The Kier molecular flexibility index (Phi) is 11.0. The molecule has 0 N–H and O–H groups in total. The molecule has 0 unspecified atom stereocenters. The number of halogens is 1. The number of aliphatic imine (C=N–C) groups is 1. The standard InChI is InChI=1S/C27H35FN2O/c1-9-11-26(16-22(5)23(6)28)25(10-2)18-30(24(7)29-8)17-21(4)19-31-27-14-12-20(3)13-15-27/h10-18H,2,6,9,19H2,1,3-5,7-8H3/b21-17+,22-16-,25-18+,26-11+,29-24?. The van der Waals surface area contributed by atoms with Gasteiger partial charge in [0, 0.05) is 19.4 Å². The van der Waals surface area contributed by atoms with Gasteiger partial charge in [-0.05, 0) is 74.6 Å². The molecule has 31 heavy (non-hydrogen) atoms. The zero-order valence-electron chi connectivity index (χ0n) is 19.7. The molecule has 0 fully saturated rings. The van der Waals surface area contributed by atoms with Crippen molar-refractivity contribution in [2.75, 3.05) is 13.7 Å². The summed E-state index contributed by atoms with van der Waals surface area (Å²) >= 11 is 0. The average Bonchev–Trinajstić information content (AvgIpc) is 2.75. The highest BCUT2D eigenvalue weighted by Crippen LogP contribution is 2.21. The molecule has 0 bridgehead atoms. The Hall–Kier alpha value is -3.14. The first-order valence-electron chi connectivity index (χ1n) is 10.4. The average molecular weight is 423 g/mol. The molecular weight excluding hydrogens is 387 g/mol. The third kappa shape index (κ3) is 9.04. The van der Waals surface area contributed by atoms with E-state index in [1.54, 1.807) is 26.1 Å². The van der Waals surface area contributed by atoms with Crippen LogP contribution in [-0.2, 0) is 0 Å². The van der Waals surface area contributed by atoms with Crippen LogP contribution in [-0.4, -0.2) is 24.4 Å². The Bertz CT molecular complexity index is 915. The van der Waals surface area contributed by atoms with Gasteiger partial charge in [0.15, 0.2) is 0 Å². The van der Waals surface area contributed by atoms with Crippen LogP contribution in [0.25, 0.3) is 0 Å². The van der Waals surface area contributed by atoms with E-state index in [1.165, 1.54) is 5.56 Å². The summed E-state index contributed by atoms with van der Waals surface area (Å²) in [7, 11) is 1.75. The molecule has 3 nitrogen and oxygen atoms in total. The summed E-state index contributed by atoms with van der Waals surface area (Å²) in [6.07, 6.45) is 10.3. The molecule has 0 saturated carbocycles. The molecule has 1 rings (SSSR count). The summed E-state index contributed by atoms with van der Waals surface area (Å²) in [5.74, 6) is 1.19. The van der Waals surface area contributed by atoms with Crippen molar-refractivity contribution >= 4 is 5.84 Å². The lowest BCUT2D eigenvalue weighted by Crippen LogP contribution is -2.19. The molecule has 0 spiro atoms. The van der Waals surface area contributed by atoms with Crippen LogP contribution in [0.15, 0.2) is 101 Å². The van der Waals surface area contributed by atoms with E-state index in [4.69, 9.17) is 4.74 Å². The van der Waals surface area contributed by atoms with Crippen molar-refractivity contribution in [3.63, 3.8) is 0 Å². The highest BCUT2D eigenvalue weighted by Gasteiger charge is 2.07. The van der Waals surface area contributed by atoms with Crippen LogP contribution < -0.4 is 4.74 Å². The van der Waals surface area contributed by atoms with E-state index in [2.05, 4.69) is 18.2 Å². The van der Waals surface area contributed by atoms with Gasteiger partial charge in [0.2, 0.25) is 0 Å². The number of ether oxygens (including phenoxy) is 1. The smallest absolute Gasteiger partial charge is 0.119 e. The van der Waals surface area contributed by atoms with Crippen LogP contribution in [0.5, 0.6) is 5.75 Å². The molecule has 0 aliphatic rings. The fourth-order valence-corrected chi connectivity index (χ4v) is 2.63. The fraction of sp³-hybridized carbons (Fsp3) is 0.296. The number of aryl methyl sites for hydroxylation is 1. The monoisotopic (exact) mass is 422 g/mol. The number of amidine groups is 1. The Morgan fingerprint density at radius 1 is 1.13 bits per heavy atom. The normalized spacial score (nSPS) is 13.8. The minimum Gasteiger partial charge on any atom is -0.489 e. The Balaban J connectivity index is 3.21. The van der Waals surface area contributed by atoms with Crippen molar-refractivity contribution in [1.82, 2.24) is 4.90 Å². The summed E-state index contributed by atoms with van der Waals surface area (Å²) < 4.78 is 19.4. The second-order valence-electron chi connectivity index (χ2n) is 7.34. The van der Waals surface area contributed by atoms with E-state index < -0.39 is 5.83 Å². The lowest BCUT2D eigenvalue weighted by Gasteiger charge is -2.19. The van der Waals surface area contributed by atoms with Crippen LogP contribution in [0, 0.1) is 6.92 Å². The second-order valence-corrected chi connectivity index (χ2v) is 7.34. The molecule has 0 amide bonds. The van der Waals surface area contributed by atoms with Crippen molar-refractivity contribution in [3.05, 3.63) is 102 Å². The van der Waals surface area contributed by atoms with Crippen molar-refractivity contribution in [2.24, 2.45) is 4.99 Å². The zero-order valence-corrected chi connectivity index (χ0v) is 19.7. The van der Waals surface area contributed by atoms with Crippen LogP contribution in [0.3, 0.4) is 0 Å². The molecule has 1 aromatic carbocycles. The second kappa shape index (κ2) is 13.2. The number of hydrogen-bond donors (Lipinski definition) is 0. The van der Waals surface area contributed by atoms with Crippen LogP contribution >= 0.6 is 0 Å². The third-order valence-corrected chi connectivity index (χ3v) is 4.60. The molecule has 0 heterocycles. The lowest BCUT2D eigenvalue weighted by atomic mass is 10.0. The summed E-state index contributed by atoms with van der Waals surface area (Å²) in [4.78, 5) is 6.25. The first-order chi connectivity index (χ1) is 14.7. The summed E-state index contributed by atoms with van der Waals surface area (Å²) in [5, 5.41) is 0. The Labute approximate surface area is 187 Å². The maximum absolute atomic E-state index is 13.5. The quantitative estimate of drug-likeness (QED) is 0.222. The largest absolute Gasteiger partial charge is 0.489 e. The highest BCUT2D eigenvalue weighted by atomic mass is 19.1. The fourth-order valence-electron chi connectivity index (χ4n) is 2.63. The minimum atomic E-state index is -0.447. The van der Waals surface area contributed by atoms with Gasteiger partial charge in [-0.25, -0.2) is 4.39 Å². The summed E-state index contributed by atoms with van der Waals surface area (Å²) in [6, 6.07) is 7.97. The first-order valence-corrected chi connectivity index (χ1v) is 10.4. The molecule has 0 aliphatic carbocycles. The van der Waals surface area contributed by atoms with E-state index in [1.807, 2.05) is 75.3 Å². The van der Waals surface area contributed by atoms with E-state index >= 15 is 0 Å². The van der Waals surface area contributed by atoms with Crippen molar-refractivity contribution < 1.29 is 9.13 Å². The Morgan fingerprint density at radius 3 is 2.29 bits per heavy atom. The summed E-state index contributed by atoms with van der Waals surface area (Å²) in [5.41, 5.74) is 4.43. The number of nitrogens with zero attached hydrogens (tertiary/aromatic N) is 2. The van der Waals surface area contributed by atoms with Gasteiger partial charge in [0.25, 0.3) is 0 Å². The van der Waals surface area contributed by atoms with Crippen LogP contribution in [0.1, 0.15) is 39.7 Å². The molecular formula is C27H35FN2O. The zero-order chi connectivity index (χ0) is 23.4. The number of rotatable bonds is 10. The topological polar surface area (TPSA) is 24.8 Å². The summed E-state index contributed by atoms with van der Waals surface area (Å²) in [6.45, 7) is 17.5. The number of hydrogen-bond acceptors (Lipinski definition) is 2. The van der Waals surface area contributed by atoms with Gasteiger partial charge >= 0.3 is 0 Å². The molecule has 1 aromatic rings. The first kappa shape index (κ1) is 25.9. The van der Waals surface area contributed by atoms with Crippen LogP contribution in [0.2, 0.25) is 0 Å². The highest BCUT2D eigenvalue weighted by molar-refractivity contribution is 5.82. The predicted octanol–water partition coefficient (Wildman–Crippen LogP) is 7.46. The molecule has 0 atom stereocenters. The minimum absolute atomic E-state index is 0.447. The van der Waals surface area contributed by atoms with Crippen LogP contribution in [0.4, 0.5) is 4.39 Å². The van der Waals surface area contributed by atoms with Gasteiger partial charge in [-0.1, -0.05) is 49.9 Å². The van der Waals surface area contributed by atoms with Gasteiger partial charge in [-0.15, -0.1) is 0 Å². The maximum atomic E-state index is 13.5. The van der Waals surface area contributed by atoms with E-state index in [0.717, 1.165) is 34.7 Å². The molecule has 4 heteroatoms. The van der Waals surface area contributed by atoms with E-state index in [-0.39, 0.29) is 0 Å². The van der Waals surface area contributed by atoms with Crippen molar-refractivity contribution in [2.45, 2.75) is 41.0 Å². The van der Waals surface area contributed by atoms with Gasteiger partial charge in [-0.2, -0.15) is 0 Å². The molecule has 166 valence electrons. The maximum Gasteiger partial charge on any atom is 0.119 e. The van der Waals surface area contributed by atoms with Gasteiger partial charge in [0.05, 0.1) is 0 Å². The lowest BCUT2D eigenvalue weighted by molar-refractivity contribution is 0.350. The molecule has 0 aliphatic heterocycles. The number of benzene rings is 1. The molecule has 0 radical (unpaired) electrons. The third-order valence-electron chi connectivity index (χ3n) is 4.60. The van der Waals surface area contributed by atoms with Gasteiger partial charge < -0.3 is 9.64 Å². The Morgan fingerprint density at radius 2 is 1.77 bits per heavy atom. The molecule has 0 saturated heterocycles. The van der Waals surface area contributed by atoms with Crippen molar-refractivity contribution in [3.8, 4) is 5.75 Å². The van der Waals surface area contributed by atoms with Crippen molar-refractivity contribution in [1.29, 1.82) is 0 Å². The number of allylic oxidation sites excluding steroid dienone is 7. The van der Waals surface area contributed by atoms with E-state index in [0.29, 0.717) is 12.2 Å². The van der Waals surface area contributed by atoms with Gasteiger partial charge in [0.1, 0.15) is 24.0 Å².